The molecule has 0 radical (unpaired) electrons. The molecule has 2 aromatic carbocycles. The molecule has 4 rings (SSSR count). The molecule has 2 saturated heterocycles. The molecule has 2 heterocycles. The molecule has 0 bridgehead atoms. The summed E-state index contributed by atoms with van der Waals surface area (Å²) < 4.78 is 48.6. The SMILES string of the molecule is CCNC(=O)N1C[C@H](C)[C@@]2(COCC(=O)N2)[C@@H]1Cc1cccc(-c2cc(F)cc(F)c2)c1F. The van der Waals surface area contributed by atoms with E-state index in [4.69, 9.17) is 4.74 Å². The van der Waals surface area contributed by atoms with Crippen LogP contribution in [0.1, 0.15) is 19.4 Å². The first-order valence-electron chi connectivity index (χ1n) is 10.9. The van der Waals surface area contributed by atoms with Crippen molar-refractivity contribution in [3.05, 3.63) is 59.4 Å². The number of ether oxygens (including phenoxy) is 1. The number of carbonyl (C=O) groups excluding carboxylic acids is 2. The zero-order chi connectivity index (χ0) is 23.8. The maximum absolute atomic E-state index is 15.6. The van der Waals surface area contributed by atoms with Crippen molar-refractivity contribution in [2.24, 2.45) is 5.92 Å². The van der Waals surface area contributed by atoms with Crippen LogP contribution >= 0.6 is 0 Å². The maximum Gasteiger partial charge on any atom is 0.317 e. The van der Waals surface area contributed by atoms with E-state index in [-0.39, 0.29) is 54.2 Å². The highest BCUT2D eigenvalue weighted by molar-refractivity contribution is 5.80. The van der Waals surface area contributed by atoms with E-state index in [2.05, 4.69) is 10.6 Å². The van der Waals surface area contributed by atoms with Crippen LogP contribution < -0.4 is 10.6 Å². The summed E-state index contributed by atoms with van der Waals surface area (Å²) in [6.07, 6.45) is 0.0859. The van der Waals surface area contributed by atoms with Crippen molar-refractivity contribution in [3.8, 4) is 11.1 Å². The summed E-state index contributed by atoms with van der Waals surface area (Å²) in [5, 5.41) is 5.79. The van der Waals surface area contributed by atoms with Crippen LogP contribution in [0.2, 0.25) is 0 Å². The van der Waals surface area contributed by atoms with Crippen molar-refractivity contribution in [2.75, 3.05) is 26.3 Å². The molecule has 9 heteroatoms. The van der Waals surface area contributed by atoms with Crippen LogP contribution in [0.25, 0.3) is 11.1 Å². The van der Waals surface area contributed by atoms with Crippen LogP contribution in [0.4, 0.5) is 18.0 Å². The first-order valence-corrected chi connectivity index (χ1v) is 10.9. The third kappa shape index (κ3) is 4.29. The number of hydrogen-bond donors (Lipinski definition) is 2. The van der Waals surface area contributed by atoms with Gasteiger partial charge in [0.15, 0.2) is 0 Å². The highest BCUT2D eigenvalue weighted by Crippen LogP contribution is 2.38. The normalized spacial score (nSPS) is 24.8. The second-order valence-electron chi connectivity index (χ2n) is 8.63. The topological polar surface area (TPSA) is 70.7 Å². The van der Waals surface area contributed by atoms with Crippen LogP contribution in [-0.4, -0.2) is 54.7 Å². The Morgan fingerprint density at radius 1 is 1.24 bits per heavy atom. The van der Waals surface area contributed by atoms with E-state index < -0.39 is 29.0 Å². The fourth-order valence-electron chi connectivity index (χ4n) is 4.93. The third-order valence-electron chi connectivity index (χ3n) is 6.52. The van der Waals surface area contributed by atoms with E-state index in [0.717, 1.165) is 18.2 Å². The van der Waals surface area contributed by atoms with Gasteiger partial charge in [0.25, 0.3) is 0 Å². The van der Waals surface area contributed by atoms with Gasteiger partial charge in [-0.2, -0.15) is 0 Å². The van der Waals surface area contributed by atoms with Crippen LogP contribution in [0, 0.1) is 23.4 Å². The van der Waals surface area contributed by atoms with Crippen LogP contribution in [0.15, 0.2) is 36.4 Å². The van der Waals surface area contributed by atoms with Crippen molar-refractivity contribution >= 4 is 11.9 Å². The summed E-state index contributed by atoms with van der Waals surface area (Å²) in [5.41, 5.74) is -0.478. The second kappa shape index (κ2) is 9.05. The van der Waals surface area contributed by atoms with Gasteiger partial charge in [0.1, 0.15) is 24.1 Å². The van der Waals surface area contributed by atoms with Gasteiger partial charge < -0.3 is 20.3 Å². The molecule has 176 valence electrons. The Morgan fingerprint density at radius 2 is 1.97 bits per heavy atom. The van der Waals surface area contributed by atoms with Gasteiger partial charge in [-0.15, -0.1) is 0 Å². The molecule has 0 aliphatic carbocycles. The number of urea groups is 1. The molecule has 6 nitrogen and oxygen atoms in total. The van der Waals surface area contributed by atoms with Crippen LogP contribution in [-0.2, 0) is 16.0 Å². The van der Waals surface area contributed by atoms with Gasteiger partial charge in [0.2, 0.25) is 5.91 Å². The van der Waals surface area contributed by atoms with Gasteiger partial charge in [-0.25, -0.2) is 18.0 Å². The molecule has 2 aliphatic rings. The Bertz CT molecular complexity index is 1060. The lowest BCUT2D eigenvalue weighted by Gasteiger charge is -2.43. The lowest BCUT2D eigenvalue weighted by molar-refractivity contribution is -0.137. The Morgan fingerprint density at radius 3 is 2.64 bits per heavy atom. The summed E-state index contributed by atoms with van der Waals surface area (Å²) in [7, 11) is 0. The first-order chi connectivity index (χ1) is 15.7. The van der Waals surface area contributed by atoms with E-state index in [9.17, 15) is 18.4 Å². The summed E-state index contributed by atoms with van der Waals surface area (Å²) in [6.45, 7) is 4.62. The molecule has 3 atom stereocenters. The molecule has 1 spiro atoms. The number of nitrogens with zero attached hydrogens (tertiary/aromatic N) is 1. The zero-order valence-electron chi connectivity index (χ0n) is 18.5. The van der Waals surface area contributed by atoms with E-state index in [1.54, 1.807) is 24.0 Å². The predicted molar refractivity (Wildman–Crippen MR) is 116 cm³/mol. The number of halogens is 3. The molecule has 2 fully saturated rings. The number of likely N-dealkylation sites (tertiary alicyclic amines) is 1. The van der Waals surface area contributed by atoms with Crippen molar-refractivity contribution < 1.29 is 27.5 Å². The van der Waals surface area contributed by atoms with Gasteiger partial charge in [-0.3, -0.25) is 4.79 Å². The number of benzene rings is 2. The molecular weight excluding hydrogens is 435 g/mol. The number of hydrogen-bond acceptors (Lipinski definition) is 3. The number of morpholine rings is 1. The van der Waals surface area contributed by atoms with E-state index in [1.165, 1.54) is 6.07 Å². The van der Waals surface area contributed by atoms with Crippen LogP contribution in [0.3, 0.4) is 0 Å². The highest BCUT2D eigenvalue weighted by atomic mass is 19.1. The Kier molecular flexibility index (Phi) is 6.34. The second-order valence-corrected chi connectivity index (χ2v) is 8.63. The number of rotatable bonds is 4. The standard InChI is InChI=1S/C24H26F3N3O3/c1-3-28-23(32)30-11-14(2)24(13-33-12-21(31)29-24)20(30)9-15-5-4-6-19(22(15)27)16-7-17(25)10-18(26)8-16/h4-8,10,14,20H,3,9,11-13H2,1-2H3,(H,28,32)(H,29,31)/t14-,20-,24-/m0/s1. The Hall–Kier alpha value is -3.07. The lowest BCUT2D eigenvalue weighted by atomic mass is 9.79. The Balaban J connectivity index is 1.74. The molecule has 0 unspecified atom stereocenters. The number of nitrogens with one attached hydrogen (secondary N) is 2. The minimum Gasteiger partial charge on any atom is -0.369 e. The van der Waals surface area contributed by atoms with Crippen molar-refractivity contribution in [3.63, 3.8) is 0 Å². The van der Waals surface area contributed by atoms with Gasteiger partial charge in [-0.1, -0.05) is 25.1 Å². The van der Waals surface area contributed by atoms with Crippen molar-refractivity contribution in [1.29, 1.82) is 0 Å². The molecule has 2 N–H and O–H groups in total. The van der Waals surface area contributed by atoms with Crippen molar-refractivity contribution in [1.82, 2.24) is 15.5 Å². The fraction of sp³-hybridized carbons (Fsp3) is 0.417. The van der Waals surface area contributed by atoms with Gasteiger partial charge in [0, 0.05) is 30.6 Å². The van der Waals surface area contributed by atoms with Gasteiger partial charge in [0.05, 0.1) is 18.2 Å². The van der Waals surface area contributed by atoms with Crippen molar-refractivity contribution in [2.45, 2.75) is 31.8 Å². The zero-order valence-corrected chi connectivity index (χ0v) is 18.5. The molecule has 3 amide bonds. The molecular formula is C24H26F3N3O3. The Labute approximate surface area is 190 Å². The maximum atomic E-state index is 15.6. The molecule has 0 saturated carbocycles. The fourth-order valence-corrected chi connectivity index (χ4v) is 4.93. The summed E-state index contributed by atoms with van der Waals surface area (Å²) in [5.74, 6) is -2.67. The minimum absolute atomic E-state index is 0.0551. The number of carbonyl (C=O) groups is 2. The molecule has 33 heavy (non-hydrogen) atoms. The third-order valence-corrected chi connectivity index (χ3v) is 6.52. The van der Waals surface area contributed by atoms with E-state index >= 15 is 4.39 Å². The highest BCUT2D eigenvalue weighted by Gasteiger charge is 2.56. The lowest BCUT2D eigenvalue weighted by Crippen LogP contribution is -2.66. The first kappa shape index (κ1) is 23.1. The molecule has 0 aromatic heterocycles. The van der Waals surface area contributed by atoms with Crippen LogP contribution in [0.5, 0.6) is 0 Å². The smallest absolute Gasteiger partial charge is 0.317 e. The van der Waals surface area contributed by atoms with E-state index in [0.29, 0.717) is 13.1 Å². The summed E-state index contributed by atoms with van der Waals surface area (Å²) in [4.78, 5) is 26.7. The monoisotopic (exact) mass is 461 g/mol. The van der Waals surface area contributed by atoms with E-state index in [1.807, 2.05) is 6.92 Å². The molecule has 2 aromatic rings. The quantitative estimate of drug-likeness (QED) is 0.735. The summed E-state index contributed by atoms with van der Waals surface area (Å²) >= 11 is 0. The molecule has 2 aliphatic heterocycles. The van der Waals surface area contributed by atoms with Gasteiger partial charge >= 0.3 is 6.03 Å². The summed E-state index contributed by atoms with van der Waals surface area (Å²) in [6, 6.07) is 6.60. The largest absolute Gasteiger partial charge is 0.369 e. The number of amides is 3. The average Bonchev–Trinajstić information content (AvgIpc) is 3.00. The average molecular weight is 461 g/mol. The minimum atomic E-state index is -0.881. The predicted octanol–water partition coefficient (Wildman–Crippen LogP) is 3.25. The van der Waals surface area contributed by atoms with Gasteiger partial charge in [-0.05, 0) is 36.6 Å².